The van der Waals surface area contributed by atoms with Crippen LogP contribution >= 0.6 is 23.2 Å². The van der Waals surface area contributed by atoms with Crippen molar-refractivity contribution in [2.45, 2.75) is 70.6 Å². The van der Waals surface area contributed by atoms with E-state index in [9.17, 15) is 19.2 Å². The number of hydrogen-bond donors (Lipinski definition) is 3. The van der Waals surface area contributed by atoms with E-state index in [4.69, 9.17) is 52.6 Å². The Kier molecular flexibility index (Phi) is 19.9. The van der Waals surface area contributed by atoms with Crippen LogP contribution < -0.4 is 26.0 Å². The van der Waals surface area contributed by atoms with Crippen LogP contribution in [0, 0.1) is 0 Å². The molecule has 3 aromatic rings. The summed E-state index contributed by atoms with van der Waals surface area (Å²) >= 11 is 12.5. The number of benzene rings is 2. The van der Waals surface area contributed by atoms with Crippen LogP contribution in [0.15, 0.2) is 66.9 Å². The van der Waals surface area contributed by atoms with Crippen LogP contribution in [-0.2, 0) is 39.8 Å². The van der Waals surface area contributed by atoms with E-state index >= 15 is 0 Å². The summed E-state index contributed by atoms with van der Waals surface area (Å²) in [6.45, 7) is 8.10. The van der Waals surface area contributed by atoms with Gasteiger partial charge in [0.1, 0.15) is 29.8 Å². The van der Waals surface area contributed by atoms with Gasteiger partial charge in [-0.05, 0) is 87.2 Å². The number of pyridine rings is 1. The molecule has 56 heavy (non-hydrogen) atoms. The number of methoxy groups -OCH3 is 1. The van der Waals surface area contributed by atoms with Gasteiger partial charge < -0.3 is 40.1 Å². The van der Waals surface area contributed by atoms with Crippen LogP contribution in [-0.4, -0.2) is 93.7 Å². The molecule has 0 saturated heterocycles. The maximum absolute atomic E-state index is 14.0. The van der Waals surface area contributed by atoms with E-state index in [-0.39, 0.29) is 31.7 Å². The molecule has 4 N–H and O–H groups in total. The Morgan fingerprint density at radius 3 is 2.18 bits per heavy atom. The second kappa shape index (κ2) is 24.2. The lowest BCUT2D eigenvalue weighted by molar-refractivity contribution is -0.141. The van der Waals surface area contributed by atoms with Gasteiger partial charge in [-0.3, -0.25) is 19.3 Å². The second-order valence-electron chi connectivity index (χ2n) is 13.7. The van der Waals surface area contributed by atoms with Crippen molar-refractivity contribution in [3.8, 4) is 5.75 Å². The fourth-order valence-corrected chi connectivity index (χ4v) is 5.84. The first-order valence-electron chi connectivity index (χ1n) is 18.4. The number of esters is 1. The van der Waals surface area contributed by atoms with Crippen LogP contribution in [0.25, 0.3) is 0 Å². The molecule has 0 saturated carbocycles. The second-order valence-corrected chi connectivity index (χ2v) is 14.5. The zero-order valence-corrected chi connectivity index (χ0v) is 33.9. The van der Waals surface area contributed by atoms with E-state index < -0.39 is 35.7 Å². The van der Waals surface area contributed by atoms with Crippen molar-refractivity contribution < 1.29 is 42.9 Å². The van der Waals surface area contributed by atoms with E-state index in [1.807, 2.05) is 0 Å². The Bertz CT molecular complexity index is 1660. The van der Waals surface area contributed by atoms with E-state index in [0.717, 1.165) is 5.56 Å². The molecular weight excluding hydrogens is 765 g/mol. The molecule has 3 amide bonds. The van der Waals surface area contributed by atoms with E-state index in [0.29, 0.717) is 79.6 Å². The largest absolute Gasteiger partial charge is 0.491 e. The number of nitrogens with two attached hydrogens (primary N) is 1. The molecule has 0 bridgehead atoms. The Labute approximate surface area is 338 Å². The molecule has 0 aliphatic heterocycles. The fraction of sp³-hybridized carbons (Fsp3) is 0.475. The van der Waals surface area contributed by atoms with Crippen LogP contribution in [0.2, 0.25) is 10.0 Å². The van der Waals surface area contributed by atoms with Crippen LogP contribution in [0.1, 0.15) is 63.6 Å². The lowest BCUT2D eigenvalue weighted by atomic mass is 10.0. The third-order valence-electron chi connectivity index (χ3n) is 7.92. The van der Waals surface area contributed by atoms with Gasteiger partial charge in [-0.15, -0.1) is 0 Å². The van der Waals surface area contributed by atoms with Crippen molar-refractivity contribution in [2.24, 2.45) is 5.73 Å². The van der Waals surface area contributed by atoms with Gasteiger partial charge in [-0.2, -0.15) is 0 Å². The predicted octanol–water partition coefficient (Wildman–Crippen LogP) is 5.82. The molecule has 0 fully saturated rings. The van der Waals surface area contributed by atoms with Crippen LogP contribution in [0.3, 0.4) is 0 Å². The van der Waals surface area contributed by atoms with Crippen molar-refractivity contribution in [1.29, 1.82) is 0 Å². The monoisotopic (exact) mass is 817 g/mol. The lowest BCUT2D eigenvalue weighted by Gasteiger charge is -2.26. The maximum Gasteiger partial charge on any atom is 0.416 e. The van der Waals surface area contributed by atoms with Crippen molar-refractivity contribution in [3.05, 3.63) is 88.0 Å². The first-order valence-corrected chi connectivity index (χ1v) is 19.1. The Hall–Kier alpha value is -4.47. The highest BCUT2D eigenvalue weighted by Crippen LogP contribution is 2.26. The molecule has 0 radical (unpaired) electrons. The van der Waals surface area contributed by atoms with Crippen LogP contribution in [0.4, 0.5) is 10.6 Å². The Morgan fingerprint density at radius 1 is 0.875 bits per heavy atom. The van der Waals surface area contributed by atoms with E-state index in [1.165, 1.54) is 18.1 Å². The average Bonchev–Trinajstić information content (AvgIpc) is 3.15. The molecule has 14 nitrogen and oxygen atoms in total. The number of nitrogens with one attached hydrogen (secondary N) is 2. The van der Waals surface area contributed by atoms with Crippen molar-refractivity contribution in [1.82, 2.24) is 15.6 Å². The number of rotatable bonds is 23. The molecule has 16 heteroatoms. The molecule has 2 atom stereocenters. The zero-order chi connectivity index (χ0) is 40.9. The van der Waals surface area contributed by atoms with Gasteiger partial charge in [0.25, 0.3) is 0 Å². The van der Waals surface area contributed by atoms with Gasteiger partial charge in [-0.25, -0.2) is 9.78 Å². The molecular formula is C40H53Cl2N5O9. The number of aromatic nitrogens is 1. The maximum atomic E-state index is 14.0. The number of halogens is 2. The minimum atomic E-state index is -1.04. The first-order chi connectivity index (χ1) is 26.8. The first kappa shape index (κ1) is 45.9. The van der Waals surface area contributed by atoms with Crippen molar-refractivity contribution in [2.75, 3.05) is 58.1 Å². The van der Waals surface area contributed by atoms with Gasteiger partial charge in [0.2, 0.25) is 11.8 Å². The summed E-state index contributed by atoms with van der Waals surface area (Å²) in [5.41, 5.74) is 5.92. The number of hydrogen-bond acceptors (Lipinski definition) is 11. The molecule has 1 heterocycles. The predicted molar refractivity (Wildman–Crippen MR) is 214 cm³/mol. The van der Waals surface area contributed by atoms with E-state index in [1.54, 1.807) is 81.6 Å². The smallest absolute Gasteiger partial charge is 0.416 e. The number of anilines is 1. The average molecular weight is 819 g/mol. The molecule has 0 aliphatic rings. The summed E-state index contributed by atoms with van der Waals surface area (Å²) in [5, 5.41) is 6.39. The zero-order valence-electron chi connectivity index (χ0n) is 32.4. The Morgan fingerprint density at radius 2 is 1.55 bits per heavy atom. The number of nitrogens with zero attached hydrogens (tertiary/aromatic N) is 2. The summed E-state index contributed by atoms with van der Waals surface area (Å²) in [6.07, 6.45) is 1.87. The van der Waals surface area contributed by atoms with Gasteiger partial charge >= 0.3 is 12.1 Å². The normalized spacial score (nSPS) is 12.3. The Balaban J connectivity index is 1.70. The van der Waals surface area contributed by atoms with Gasteiger partial charge in [0, 0.05) is 42.2 Å². The summed E-state index contributed by atoms with van der Waals surface area (Å²) in [7, 11) is 1.25. The van der Waals surface area contributed by atoms with Crippen molar-refractivity contribution in [3.63, 3.8) is 0 Å². The highest BCUT2D eigenvalue weighted by molar-refractivity contribution is 6.34. The molecule has 2 unspecified atom stereocenters. The summed E-state index contributed by atoms with van der Waals surface area (Å²) in [6, 6.07) is 15.2. The summed E-state index contributed by atoms with van der Waals surface area (Å²) < 4.78 is 27.0. The topological polar surface area (TPSA) is 181 Å². The number of ether oxygens (including phenoxy) is 5. The third-order valence-corrected chi connectivity index (χ3v) is 8.36. The fourth-order valence-electron chi connectivity index (χ4n) is 5.29. The van der Waals surface area contributed by atoms with Gasteiger partial charge in [-0.1, -0.05) is 41.4 Å². The van der Waals surface area contributed by atoms with Gasteiger partial charge in [0.15, 0.2) is 0 Å². The SMILES string of the molecule is COC(=O)CC(NC(=O)C(Cc1ccc(OCCOCCOCCN)cc1)NC(=O)CCCCN(C(=O)OC(C)(C)C)c1ccccn1)c1cc(Cl)cc(Cl)c1. The molecule has 3 rings (SSSR count). The quantitative estimate of drug-likeness (QED) is 0.0776. The van der Waals surface area contributed by atoms with Crippen molar-refractivity contribution >= 4 is 52.9 Å². The highest BCUT2D eigenvalue weighted by Gasteiger charge is 2.27. The van der Waals surface area contributed by atoms with Crippen LogP contribution in [0.5, 0.6) is 5.75 Å². The number of amides is 3. The number of unbranched alkanes of at least 4 members (excludes halogenated alkanes) is 1. The lowest BCUT2D eigenvalue weighted by Crippen LogP contribution is -2.49. The molecule has 2 aromatic carbocycles. The summed E-state index contributed by atoms with van der Waals surface area (Å²) in [5.74, 6) is -0.458. The number of carbonyl (C=O) groups is 4. The minimum absolute atomic E-state index is 0.0671. The third kappa shape index (κ3) is 17.5. The van der Waals surface area contributed by atoms with E-state index in [2.05, 4.69) is 15.6 Å². The highest BCUT2D eigenvalue weighted by atomic mass is 35.5. The molecule has 0 aliphatic carbocycles. The molecule has 0 spiro atoms. The number of carbonyl (C=O) groups excluding carboxylic acids is 4. The minimum Gasteiger partial charge on any atom is -0.491 e. The molecule has 306 valence electrons. The standard InChI is InChI=1S/C40H53Cl2N5O9/c1-40(2,3)56-39(51)47(35-9-5-7-16-44-35)17-8-6-10-36(48)45-34(23-28-11-13-32(14-12-28)55-22-21-54-20-19-53-18-15-43)38(50)46-33(27-37(49)52-4)29-24-30(41)26-31(42)25-29/h5,7,9,11-14,16,24-26,33-34H,6,8,10,15,17-23,27,43H2,1-4H3,(H,45,48)(H,46,50). The molecule has 1 aromatic heterocycles. The summed E-state index contributed by atoms with van der Waals surface area (Å²) in [4.78, 5) is 58.5. The van der Waals surface area contributed by atoms with Gasteiger partial charge in [0.05, 0.1) is 46.0 Å².